The Balaban J connectivity index is 2.03. The normalized spacial score (nSPS) is 11.1. The Hall–Kier alpha value is -2.36. The molecule has 2 aromatic carbocycles. The summed E-state index contributed by atoms with van der Waals surface area (Å²) in [6.45, 7) is 0. The van der Waals surface area contributed by atoms with E-state index in [0.717, 1.165) is 22.9 Å². The van der Waals surface area contributed by atoms with E-state index >= 15 is 0 Å². The maximum absolute atomic E-state index is 13.0. The predicted octanol–water partition coefficient (Wildman–Crippen LogP) is 3.01. The van der Waals surface area contributed by atoms with Crippen molar-refractivity contribution in [2.75, 3.05) is 0 Å². The molecule has 0 spiro atoms. The third kappa shape index (κ3) is 2.05. The lowest BCUT2D eigenvalue weighted by Gasteiger charge is -2.05. The second-order valence-electron chi connectivity index (χ2n) is 4.53. The third-order valence-corrected chi connectivity index (χ3v) is 3.28. The highest BCUT2D eigenvalue weighted by atomic mass is 19.1. The minimum atomic E-state index is -0.439. The topological polar surface area (TPSA) is 38.0 Å². The van der Waals surface area contributed by atoms with Crippen molar-refractivity contribution in [1.29, 1.82) is 0 Å². The number of phenols is 1. The van der Waals surface area contributed by atoms with Gasteiger partial charge >= 0.3 is 0 Å². The molecular weight excluding hydrogens is 243 g/mol. The number of halogens is 1. The molecule has 0 aliphatic rings. The zero-order chi connectivity index (χ0) is 13.4. The largest absolute Gasteiger partial charge is 0.508 e. The van der Waals surface area contributed by atoms with Gasteiger partial charge in [0.1, 0.15) is 17.4 Å². The van der Waals surface area contributed by atoms with Crippen molar-refractivity contribution >= 4 is 11.0 Å². The fourth-order valence-electron chi connectivity index (χ4n) is 2.21. The Morgan fingerprint density at radius 3 is 2.74 bits per heavy atom. The average Bonchev–Trinajstić information content (AvgIpc) is 2.70. The molecule has 3 rings (SSSR count). The molecule has 19 heavy (non-hydrogen) atoms. The first-order valence-electron chi connectivity index (χ1n) is 6.03. The smallest absolute Gasteiger partial charge is 0.126 e. The lowest BCUT2D eigenvalue weighted by atomic mass is 10.1. The Morgan fingerprint density at radius 1 is 1.21 bits per heavy atom. The number of aryl methyl sites for hydroxylation is 1. The molecule has 0 bridgehead atoms. The van der Waals surface area contributed by atoms with Crippen LogP contribution in [-0.2, 0) is 13.5 Å². The first-order valence-corrected chi connectivity index (χ1v) is 6.03. The molecule has 4 heteroatoms. The summed E-state index contributed by atoms with van der Waals surface area (Å²) < 4.78 is 14.9. The highest BCUT2D eigenvalue weighted by Gasteiger charge is 2.10. The molecule has 96 valence electrons. The summed E-state index contributed by atoms with van der Waals surface area (Å²) in [6, 6.07) is 11.9. The molecule has 1 N–H and O–H groups in total. The summed E-state index contributed by atoms with van der Waals surface area (Å²) in [4.78, 5) is 4.53. The van der Waals surface area contributed by atoms with Crippen LogP contribution in [0.25, 0.3) is 11.0 Å². The Bertz CT molecular complexity index is 749. The van der Waals surface area contributed by atoms with Gasteiger partial charge in [-0.2, -0.15) is 0 Å². The quantitative estimate of drug-likeness (QED) is 0.765. The van der Waals surface area contributed by atoms with Crippen LogP contribution in [-0.4, -0.2) is 14.7 Å². The van der Waals surface area contributed by atoms with Crippen LogP contribution >= 0.6 is 0 Å². The lowest BCUT2D eigenvalue weighted by molar-refractivity contribution is 0.462. The van der Waals surface area contributed by atoms with E-state index in [-0.39, 0.29) is 5.75 Å². The van der Waals surface area contributed by atoms with Crippen LogP contribution in [0.4, 0.5) is 4.39 Å². The van der Waals surface area contributed by atoms with E-state index in [2.05, 4.69) is 4.98 Å². The number of phenolic OH excluding ortho intramolecular Hbond substituents is 1. The second-order valence-corrected chi connectivity index (χ2v) is 4.53. The zero-order valence-electron chi connectivity index (χ0n) is 10.5. The molecule has 0 atom stereocenters. The number of nitrogens with zero attached hydrogens (tertiary/aromatic N) is 2. The molecule has 0 aliphatic carbocycles. The highest BCUT2D eigenvalue weighted by Crippen LogP contribution is 2.23. The van der Waals surface area contributed by atoms with Gasteiger partial charge in [0.05, 0.1) is 11.0 Å². The van der Waals surface area contributed by atoms with Gasteiger partial charge in [-0.1, -0.05) is 18.2 Å². The van der Waals surface area contributed by atoms with Crippen molar-refractivity contribution in [2.45, 2.75) is 6.42 Å². The summed E-state index contributed by atoms with van der Waals surface area (Å²) in [5.41, 5.74) is 2.63. The number of rotatable bonds is 2. The van der Waals surface area contributed by atoms with Gasteiger partial charge in [-0.25, -0.2) is 9.37 Å². The van der Waals surface area contributed by atoms with Crippen molar-refractivity contribution in [2.24, 2.45) is 7.05 Å². The molecule has 1 aromatic heterocycles. The van der Waals surface area contributed by atoms with Crippen LogP contribution in [0.1, 0.15) is 11.4 Å². The van der Waals surface area contributed by atoms with Crippen LogP contribution in [0.15, 0.2) is 42.5 Å². The Labute approximate surface area is 109 Å². The van der Waals surface area contributed by atoms with Crippen molar-refractivity contribution in [3.05, 3.63) is 59.7 Å². The molecule has 0 saturated heterocycles. The van der Waals surface area contributed by atoms with Crippen LogP contribution in [0.2, 0.25) is 0 Å². The first kappa shape index (κ1) is 11.7. The monoisotopic (exact) mass is 256 g/mol. The fourth-order valence-corrected chi connectivity index (χ4v) is 2.21. The van der Waals surface area contributed by atoms with E-state index in [4.69, 9.17) is 0 Å². The van der Waals surface area contributed by atoms with Crippen LogP contribution < -0.4 is 0 Å². The number of fused-ring (bicyclic) bond motifs is 1. The summed E-state index contributed by atoms with van der Waals surface area (Å²) in [5.74, 6) is 0.362. The van der Waals surface area contributed by atoms with Gasteiger partial charge in [-0.3, -0.25) is 0 Å². The minimum Gasteiger partial charge on any atom is -0.508 e. The first-order chi connectivity index (χ1) is 9.15. The van der Waals surface area contributed by atoms with E-state index in [1.165, 1.54) is 6.07 Å². The second kappa shape index (κ2) is 4.39. The summed E-state index contributed by atoms with van der Waals surface area (Å²) in [6.07, 6.45) is 0.470. The SMILES string of the molecule is Cn1c(Cc2ccc(F)cc2O)nc2ccccc21. The molecular formula is C15H13FN2O. The summed E-state index contributed by atoms with van der Waals surface area (Å²) in [7, 11) is 1.94. The van der Waals surface area contributed by atoms with Crippen molar-refractivity contribution in [3.63, 3.8) is 0 Å². The van der Waals surface area contributed by atoms with Gasteiger partial charge in [0.25, 0.3) is 0 Å². The standard InChI is InChI=1S/C15H13FN2O/c1-18-13-5-3-2-4-12(13)17-15(18)8-10-6-7-11(16)9-14(10)19/h2-7,9,19H,8H2,1H3. The van der Waals surface area contributed by atoms with Crippen molar-refractivity contribution in [1.82, 2.24) is 9.55 Å². The third-order valence-electron chi connectivity index (χ3n) is 3.28. The maximum Gasteiger partial charge on any atom is 0.126 e. The molecule has 0 amide bonds. The fraction of sp³-hybridized carbons (Fsp3) is 0.133. The molecule has 0 fully saturated rings. The van der Waals surface area contributed by atoms with Gasteiger partial charge in [0.2, 0.25) is 0 Å². The minimum absolute atomic E-state index is 0.0351. The number of aromatic hydroxyl groups is 1. The van der Waals surface area contributed by atoms with E-state index in [0.29, 0.717) is 12.0 Å². The van der Waals surface area contributed by atoms with Crippen LogP contribution in [0, 0.1) is 5.82 Å². The number of hydrogen-bond acceptors (Lipinski definition) is 2. The highest BCUT2D eigenvalue weighted by molar-refractivity contribution is 5.75. The van der Waals surface area contributed by atoms with Crippen molar-refractivity contribution < 1.29 is 9.50 Å². The lowest BCUT2D eigenvalue weighted by Crippen LogP contribution is -1.99. The Morgan fingerprint density at radius 2 is 2.00 bits per heavy atom. The maximum atomic E-state index is 13.0. The molecule has 3 aromatic rings. The van der Waals surface area contributed by atoms with Gasteiger partial charge in [0.15, 0.2) is 0 Å². The zero-order valence-corrected chi connectivity index (χ0v) is 10.5. The number of aromatic nitrogens is 2. The molecule has 0 aliphatic heterocycles. The van der Waals surface area contributed by atoms with Crippen LogP contribution in [0.5, 0.6) is 5.75 Å². The number of hydrogen-bond donors (Lipinski definition) is 1. The molecule has 0 unspecified atom stereocenters. The Kier molecular flexibility index (Phi) is 2.71. The number of para-hydroxylation sites is 2. The van der Waals surface area contributed by atoms with Gasteiger partial charge in [0, 0.05) is 25.1 Å². The van der Waals surface area contributed by atoms with E-state index < -0.39 is 5.82 Å². The number of imidazole rings is 1. The van der Waals surface area contributed by atoms with Gasteiger partial charge in [-0.05, 0) is 18.2 Å². The van der Waals surface area contributed by atoms with Gasteiger partial charge in [-0.15, -0.1) is 0 Å². The van der Waals surface area contributed by atoms with Gasteiger partial charge < -0.3 is 9.67 Å². The molecule has 1 heterocycles. The molecule has 0 saturated carbocycles. The average molecular weight is 256 g/mol. The molecule has 3 nitrogen and oxygen atoms in total. The summed E-state index contributed by atoms with van der Waals surface area (Å²) in [5, 5.41) is 9.74. The van der Waals surface area contributed by atoms with Crippen molar-refractivity contribution in [3.8, 4) is 5.75 Å². The van der Waals surface area contributed by atoms with E-state index in [1.54, 1.807) is 6.07 Å². The van der Waals surface area contributed by atoms with E-state index in [1.807, 2.05) is 35.9 Å². The summed E-state index contributed by atoms with van der Waals surface area (Å²) >= 11 is 0. The molecule has 0 radical (unpaired) electrons. The predicted molar refractivity (Wildman–Crippen MR) is 71.6 cm³/mol. The van der Waals surface area contributed by atoms with Crippen LogP contribution in [0.3, 0.4) is 0 Å². The number of benzene rings is 2. The van der Waals surface area contributed by atoms with E-state index in [9.17, 15) is 9.50 Å².